The maximum absolute atomic E-state index is 11.5. The van der Waals surface area contributed by atoms with Gasteiger partial charge in [0, 0.05) is 17.7 Å². The molecule has 1 amide bonds. The van der Waals surface area contributed by atoms with Gasteiger partial charge in [0.25, 0.3) is 0 Å². The molecule has 1 aliphatic heterocycles. The number of aliphatic carboxylic acids is 1. The zero-order chi connectivity index (χ0) is 14.1. The Morgan fingerprint density at radius 2 is 1.83 bits per heavy atom. The molecule has 3 N–H and O–H groups in total. The molecule has 1 rings (SSSR count). The largest absolute Gasteiger partial charge is 0.478 e. The predicted octanol–water partition coefficient (Wildman–Crippen LogP) is 0.764. The summed E-state index contributed by atoms with van der Waals surface area (Å²) in [6, 6.07) is -0.247. The first-order valence-electron chi connectivity index (χ1n) is 5.78. The monoisotopic (exact) mass is 256 g/mol. The molecule has 0 saturated carbocycles. The molecule has 1 atom stereocenters. The van der Waals surface area contributed by atoms with Crippen molar-refractivity contribution in [3.8, 4) is 0 Å². The van der Waals surface area contributed by atoms with E-state index in [1.165, 1.54) is 5.06 Å². The van der Waals surface area contributed by atoms with Gasteiger partial charge >= 0.3 is 5.97 Å². The minimum Gasteiger partial charge on any atom is -0.478 e. The fourth-order valence-electron chi connectivity index (χ4n) is 2.36. The van der Waals surface area contributed by atoms with E-state index in [4.69, 9.17) is 5.11 Å². The number of hydrogen-bond acceptors (Lipinski definition) is 4. The van der Waals surface area contributed by atoms with Gasteiger partial charge in [-0.1, -0.05) is 0 Å². The summed E-state index contributed by atoms with van der Waals surface area (Å²) in [7, 11) is 0. The summed E-state index contributed by atoms with van der Waals surface area (Å²) in [6.45, 7) is 7.42. The summed E-state index contributed by atoms with van der Waals surface area (Å²) in [5.74, 6) is -1.64. The highest BCUT2D eigenvalue weighted by Crippen LogP contribution is 2.38. The molecule has 6 heteroatoms. The molecule has 0 aliphatic carbocycles. The van der Waals surface area contributed by atoms with Crippen molar-refractivity contribution in [1.82, 2.24) is 10.4 Å². The second kappa shape index (κ2) is 4.70. The topological polar surface area (TPSA) is 89.9 Å². The molecule has 1 unspecified atom stereocenters. The molecule has 1 aliphatic rings. The SMILES string of the molecule is CC1(C)CC(NC(=O)C=CC(=O)O)C(C)(C)N1O. The van der Waals surface area contributed by atoms with Crippen LogP contribution >= 0.6 is 0 Å². The van der Waals surface area contributed by atoms with Crippen LogP contribution in [0.5, 0.6) is 0 Å². The molecular weight excluding hydrogens is 236 g/mol. The highest BCUT2D eigenvalue weighted by Gasteiger charge is 2.51. The second-order valence-corrected chi connectivity index (χ2v) is 5.71. The zero-order valence-electron chi connectivity index (χ0n) is 11.1. The third kappa shape index (κ3) is 2.88. The van der Waals surface area contributed by atoms with Gasteiger partial charge in [-0.25, -0.2) is 4.79 Å². The lowest BCUT2D eigenvalue weighted by Gasteiger charge is -2.35. The fraction of sp³-hybridized carbons (Fsp3) is 0.667. The summed E-state index contributed by atoms with van der Waals surface area (Å²) in [5.41, 5.74) is -1.03. The Kier molecular flexibility index (Phi) is 3.83. The van der Waals surface area contributed by atoms with Crippen LogP contribution in [0.2, 0.25) is 0 Å². The molecular formula is C12H20N2O4. The number of carboxylic acid groups (broad SMARTS) is 1. The van der Waals surface area contributed by atoms with Crippen LogP contribution in [0.25, 0.3) is 0 Å². The van der Waals surface area contributed by atoms with Gasteiger partial charge in [0.05, 0.1) is 11.6 Å². The lowest BCUT2D eigenvalue weighted by atomic mass is 9.94. The summed E-state index contributed by atoms with van der Waals surface area (Å²) in [6.07, 6.45) is 2.35. The smallest absolute Gasteiger partial charge is 0.328 e. The first-order valence-corrected chi connectivity index (χ1v) is 5.78. The third-order valence-corrected chi connectivity index (χ3v) is 3.37. The summed E-state index contributed by atoms with van der Waals surface area (Å²) < 4.78 is 0. The molecule has 1 heterocycles. The van der Waals surface area contributed by atoms with Crippen LogP contribution < -0.4 is 5.32 Å². The van der Waals surface area contributed by atoms with Gasteiger partial charge in [-0.05, 0) is 34.1 Å². The molecule has 0 bridgehead atoms. The normalized spacial score (nSPS) is 26.4. The van der Waals surface area contributed by atoms with Gasteiger partial charge < -0.3 is 15.6 Å². The van der Waals surface area contributed by atoms with Crippen LogP contribution in [0, 0.1) is 0 Å². The van der Waals surface area contributed by atoms with Crippen LogP contribution in [-0.2, 0) is 9.59 Å². The molecule has 0 aromatic carbocycles. The number of hydrogen-bond donors (Lipinski definition) is 3. The number of carbonyl (C=O) groups is 2. The van der Waals surface area contributed by atoms with Gasteiger partial charge in [-0.2, -0.15) is 5.06 Å². The van der Waals surface area contributed by atoms with Gasteiger partial charge in [0.1, 0.15) is 0 Å². The number of nitrogens with zero attached hydrogens (tertiary/aromatic N) is 1. The molecule has 0 aromatic heterocycles. The fourth-order valence-corrected chi connectivity index (χ4v) is 2.36. The average molecular weight is 256 g/mol. The zero-order valence-corrected chi connectivity index (χ0v) is 11.1. The minimum absolute atomic E-state index is 0.247. The van der Waals surface area contributed by atoms with Crippen molar-refractivity contribution in [2.75, 3.05) is 0 Å². The average Bonchev–Trinajstić information content (AvgIpc) is 2.37. The molecule has 0 aromatic rings. The van der Waals surface area contributed by atoms with Crippen molar-refractivity contribution in [1.29, 1.82) is 0 Å². The van der Waals surface area contributed by atoms with Crippen LogP contribution in [0.3, 0.4) is 0 Å². The van der Waals surface area contributed by atoms with E-state index in [-0.39, 0.29) is 6.04 Å². The molecule has 1 fully saturated rings. The van der Waals surface area contributed by atoms with E-state index in [1.807, 2.05) is 27.7 Å². The standard InChI is InChI=1S/C12H20N2O4/c1-11(2)7-8(12(3,4)14(11)18)13-9(15)5-6-10(16)17/h5-6,8,18H,7H2,1-4H3,(H,13,15)(H,16,17). The molecule has 0 radical (unpaired) electrons. The quantitative estimate of drug-likeness (QED) is 0.649. The van der Waals surface area contributed by atoms with Crippen LogP contribution in [0.1, 0.15) is 34.1 Å². The van der Waals surface area contributed by atoms with E-state index in [0.717, 1.165) is 12.2 Å². The number of carboxylic acids is 1. The van der Waals surface area contributed by atoms with E-state index < -0.39 is 23.0 Å². The number of carbonyl (C=O) groups excluding carboxylic acids is 1. The molecule has 0 spiro atoms. The number of nitrogens with one attached hydrogen (secondary N) is 1. The van der Waals surface area contributed by atoms with Crippen molar-refractivity contribution in [3.63, 3.8) is 0 Å². The van der Waals surface area contributed by atoms with Crippen molar-refractivity contribution >= 4 is 11.9 Å². The van der Waals surface area contributed by atoms with Gasteiger partial charge in [-0.15, -0.1) is 0 Å². The van der Waals surface area contributed by atoms with Crippen molar-refractivity contribution in [2.45, 2.75) is 51.2 Å². The van der Waals surface area contributed by atoms with Gasteiger partial charge in [0.2, 0.25) is 5.91 Å². The van der Waals surface area contributed by atoms with Crippen molar-refractivity contribution in [3.05, 3.63) is 12.2 Å². The molecule has 1 saturated heterocycles. The van der Waals surface area contributed by atoms with Gasteiger partial charge in [0.15, 0.2) is 0 Å². The molecule has 102 valence electrons. The van der Waals surface area contributed by atoms with E-state index >= 15 is 0 Å². The Hall–Kier alpha value is -1.40. The van der Waals surface area contributed by atoms with Gasteiger partial charge in [-0.3, -0.25) is 4.79 Å². The van der Waals surface area contributed by atoms with E-state index in [0.29, 0.717) is 6.42 Å². The first kappa shape index (κ1) is 14.7. The van der Waals surface area contributed by atoms with Crippen LogP contribution in [-0.4, -0.2) is 44.4 Å². The summed E-state index contributed by atoms with van der Waals surface area (Å²) in [4.78, 5) is 21.9. The summed E-state index contributed by atoms with van der Waals surface area (Å²) in [5, 5.41) is 22.5. The van der Waals surface area contributed by atoms with Crippen molar-refractivity contribution < 1.29 is 19.9 Å². The number of hydroxylamine groups is 2. The van der Waals surface area contributed by atoms with E-state index in [2.05, 4.69) is 5.32 Å². The Labute approximate surface area is 106 Å². The lowest BCUT2D eigenvalue weighted by Crippen LogP contribution is -2.52. The van der Waals surface area contributed by atoms with E-state index in [1.54, 1.807) is 0 Å². The summed E-state index contributed by atoms with van der Waals surface area (Å²) >= 11 is 0. The second-order valence-electron chi connectivity index (χ2n) is 5.71. The number of amides is 1. The van der Waals surface area contributed by atoms with E-state index in [9.17, 15) is 14.8 Å². The predicted molar refractivity (Wildman–Crippen MR) is 65.1 cm³/mol. The highest BCUT2D eigenvalue weighted by atomic mass is 16.5. The Bertz CT molecular complexity index is 388. The minimum atomic E-state index is -1.17. The Balaban J connectivity index is 2.74. The number of rotatable bonds is 3. The Morgan fingerprint density at radius 3 is 2.22 bits per heavy atom. The first-order chi connectivity index (χ1) is 8.07. The third-order valence-electron chi connectivity index (χ3n) is 3.37. The maximum atomic E-state index is 11.5. The lowest BCUT2D eigenvalue weighted by molar-refractivity contribution is -0.194. The molecule has 18 heavy (non-hydrogen) atoms. The Morgan fingerprint density at radius 1 is 1.28 bits per heavy atom. The van der Waals surface area contributed by atoms with Crippen LogP contribution in [0.4, 0.5) is 0 Å². The maximum Gasteiger partial charge on any atom is 0.328 e. The van der Waals surface area contributed by atoms with Crippen molar-refractivity contribution in [2.24, 2.45) is 0 Å². The molecule has 6 nitrogen and oxygen atoms in total. The highest BCUT2D eigenvalue weighted by molar-refractivity contribution is 5.94. The van der Waals surface area contributed by atoms with Crippen LogP contribution in [0.15, 0.2) is 12.2 Å².